The molecule has 1 aromatic rings. The van der Waals surface area contributed by atoms with Crippen molar-refractivity contribution in [3.8, 4) is 0 Å². The van der Waals surface area contributed by atoms with Crippen LogP contribution >= 0.6 is 11.3 Å². The Morgan fingerprint density at radius 2 is 2.06 bits per heavy atom. The van der Waals surface area contributed by atoms with Crippen molar-refractivity contribution in [2.45, 2.75) is 49.3 Å². The van der Waals surface area contributed by atoms with Crippen LogP contribution in [0.5, 0.6) is 0 Å². The smallest absolute Gasteiger partial charge is 0.247 e. The predicted molar refractivity (Wildman–Crippen MR) is 71.4 cm³/mol. The molecule has 0 bridgehead atoms. The minimum atomic E-state index is -3.58. The lowest BCUT2D eigenvalue weighted by Gasteiger charge is -2.08. The fourth-order valence-electron chi connectivity index (χ4n) is 1.63. The van der Waals surface area contributed by atoms with E-state index in [4.69, 9.17) is 10.9 Å². The molecule has 6 heteroatoms. The molecule has 0 aliphatic heterocycles. The molecule has 4 nitrogen and oxygen atoms in total. The average Bonchev–Trinajstić information content (AvgIpc) is 2.72. The molecule has 0 saturated heterocycles. The Balaban J connectivity index is 2.52. The Kier molecular flexibility index (Phi) is 5.58. The largest absolute Gasteiger partial charge is 0.324 e. The lowest BCUT2D eigenvalue weighted by Crippen LogP contribution is -2.11. The first-order valence-corrected chi connectivity index (χ1v) is 8.24. The Labute approximate surface area is 107 Å². The Morgan fingerprint density at radius 3 is 2.59 bits per heavy atom. The predicted octanol–water partition coefficient (Wildman–Crippen LogP) is 2.37. The molecule has 0 spiro atoms. The van der Waals surface area contributed by atoms with Crippen LogP contribution in [0.1, 0.15) is 50.6 Å². The number of rotatable bonds is 7. The summed E-state index contributed by atoms with van der Waals surface area (Å²) in [5, 5.41) is 6.83. The summed E-state index contributed by atoms with van der Waals surface area (Å²) in [6.45, 7) is 2.16. The zero-order valence-corrected chi connectivity index (χ0v) is 11.7. The van der Waals surface area contributed by atoms with Crippen molar-refractivity contribution < 1.29 is 8.42 Å². The number of thiophene rings is 1. The van der Waals surface area contributed by atoms with E-state index in [1.165, 1.54) is 19.3 Å². The minimum Gasteiger partial charge on any atom is -0.324 e. The van der Waals surface area contributed by atoms with Gasteiger partial charge in [0.05, 0.1) is 0 Å². The van der Waals surface area contributed by atoms with Crippen LogP contribution in [0.25, 0.3) is 0 Å². The summed E-state index contributed by atoms with van der Waals surface area (Å²) < 4.78 is 22.4. The van der Waals surface area contributed by atoms with E-state index in [2.05, 4.69) is 6.92 Å². The second kappa shape index (κ2) is 6.49. The van der Waals surface area contributed by atoms with Crippen LogP contribution in [0.15, 0.2) is 15.7 Å². The van der Waals surface area contributed by atoms with Crippen molar-refractivity contribution in [1.29, 1.82) is 0 Å². The molecule has 0 aromatic carbocycles. The molecule has 0 radical (unpaired) electrons. The third-order valence-corrected chi connectivity index (χ3v) is 5.08. The first-order chi connectivity index (χ1) is 7.95. The molecule has 1 atom stereocenters. The van der Waals surface area contributed by atoms with Gasteiger partial charge in [-0.1, -0.05) is 32.6 Å². The van der Waals surface area contributed by atoms with Crippen molar-refractivity contribution >= 4 is 21.4 Å². The molecule has 1 unspecified atom stereocenters. The highest BCUT2D eigenvalue weighted by molar-refractivity contribution is 7.91. The fraction of sp³-hybridized carbons (Fsp3) is 0.636. The van der Waals surface area contributed by atoms with Gasteiger partial charge in [0.15, 0.2) is 0 Å². The monoisotopic (exact) mass is 276 g/mol. The van der Waals surface area contributed by atoms with Crippen LogP contribution < -0.4 is 10.9 Å². The highest BCUT2D eigenvalue weighted by atomic mass is 32.2. The van der Waals surface area contributed by atoms with E-state index in [1.807, 2.05) is 0 Å². The topological polar surface area (TPSA) is 86.2 Å². The van der Waals surface area contributed by atoms with E-state index in [-0.39, 0.29) is 10.3 Å². The molecule has 1 rings (SSSR count). The number of hydrogen-bond acceptors (Lipinski definition) is 4. The van der Waals surface area contributed by atoms with E-state index in [1.54, 1.807) is 11.4 Å². The second-order valence-electron chi connectivity index (χ2n) is 4.20. The minimum absolute atomic E-state index is 0.0846. The third-order valence-electron chi connectivity index (χ3n) is 2.67. The van der Waals surface area contributed by atoms with E-state index in [0.717, 1.165) is 29.7 Å². The molecular weight excluding hydrogens is 256 g/mol. The summed E-state index contributed by atoms with van der Waals surface area (Å²) in [4.78, 5) is 0. The summed E-state index contributed by atoms with van der Waals surface area (Å²) in [5.41, 5.74) is 6.88. The van der Waals surface area contributed by atoms with Crippen LogP contribution in [-0.4, -0.2) is 8.42 Å². The van der Waals surface area contributed by atoms with Crippen LogP contribution in [0.3, 0.4) is 0 Å². The average molecular weight is 276 g/mol. The highest BCUT2D eigenvalue weighted by Crippen LogP contribution is 2.25. The van der Waals surface area contributed by atoms with E-state index in [0.29, 0.717) is 0 Å². The maximum Gasteiger partial charge on any atom is 0.247 e. The van der Waals surface area contributed by atoms with Gasteiger partial charge in [-0.25, -0.2) is 13.6 Å². The normalized spacial score (nSPS) is 13.8. The molecule has 0 amide bonds. The maximum absolute atomic E-state index is 11.1. The number of hydrogen-bond donors (Lipinski definition) is 2. The van der Waals surface area contributed by atoms with Crippen molar-refractivity contribution in [3.63, 3.8) is 0 Å². The van der Waals surface area contributed by atoms with Crippen molar-refractivity contribution in [3.05, 3.63) is 17.0 Å². The summed E-state index contributed by atoms with van der Waals surface area (Å²) in [6, 6.07) is 1.50. The molecule has 1 aromatic heterocycles. The first-order valence-electron chi connectivity index (χ1n) is 5.82. The number of primary sulfonamides is 1. The summed E-state index contributed by atoms with van der Waals surface area (Å²) in [6.07, 6.45) is 5.56. The van der Waals surface area contributed by atoms with Crippen molar-refractivity contribution in [2.24, 2.45) is 10.9 Å². The van der Waals surface area contributed by atoms with Gasteiger partial charge in [0, 0.05) is 6.04 Å². The second-order valence-corrected chi connectivity index (χ2v) is 6.90. The number of unbranched alkanes of at least 4 members (excludes halogenated alkanes) is 3. The lowest BCUT2D eigenvalue weighted by atomic mass is 10.0. The molecule has 17 heavy (non-hydrogen) atoms. The molecule has 0 aliphatic rings. The molecule has 0 saturated carbocycles. The first kappa shape index (κ1) is 14.6. The van der Waals surface area contributed by atoms with Crippen molar-refractivity contribution in [1.82, 2.24) is 0 Å². The Bertz CT molecular complexity index is 440. The standard InChI is InChI=1S/C11H20N2O2S2/c1-2-3-4-5-6-10(12)9-7-11(16-8-9)17(13,14)15/h7-8,10H,2-6,12H2,1H3,(H2,13,14,15). The zero-order valence-electron chi connectivity index (χ0n) is 10.1. The van der Waals surface area contributed by atoms with Gasteiger partial charge in [-0.2, -0.15) is 0 Å². The van der Waals surface area contributed by atoms with E-state index < -0.39 is 10.0 Å². The fourth-order valence-corrected chi connectivity index (χ4v) is 3.31. The molecule has 98 valence electrons. The van der Waals surface area contributed by atoms with Gasteiger partial charge in [-0.15, -0.1) is 11.3 Å². The highest BCUT2D eigenvalue weighted by Gasteiger charge is 2.14. The van der Waals surface area contributed by atoms with E-state index >= 15 is 0 Å². The Morgan fingerprint density at radius 1 is 1.35 bits per heavy atom. The zero-order chi connectivity index (χ0) is 12.9. The van der Waals surface area contributed by atoms with Gasteiger partial charge >= 0.3 is 0 Å². The summed E-state index contributed by atoms with van der Waals surface area (Å²) in [5.74, 6) is 0. The van der Waals surface area contributed by atoms with Crippen LogP contribution in [0.4, 0.5) is 0 Å². The van der Waals surface area contributed by atoms with Gasteiger partial charge < -0.3 is 5.73 Å². The molecule has 0 aliphatic carbocycles. The van der Waals surface area contributed by atoms with Crippen molar-refractivity contribution in [2.75, 3.05) is 0 Å². The van der Waals surface area contributed by atoms with Crippen LogP contribution in [0, 0.1) is 0 Å². The summed E-state index contributed by atoms with van der Waals surface area (Å²) in [7, 11) is -3.58. The van der Waals surface area contributed by atoms with Crippen LogP contribution in [-0.2, 0) is 10.0 Å². The maximum atomic E-state index is 11.1. The van der Waals surface area contributed by atoms with Gasteiger partial charge in [-0.05, 0) is 23.4 Å². The lowest BCUT2D eigenvalue weighted by molar-refractivity contribution is 0.566. The van der Waals surface area contributed by atoms with Gasteiger partial charge in [-0.3, -0.25) is 0 Å². The third kappa shape index (κ3) is 4.75. The van der Waals surface area contributed by atoms with Crippen LogP contribution in [0.2, 0.25) is 0 Å². The quantitative estimate of drug-likeness (QED) is 0.750. The SMILES string of the molecule is CCCCCCC(N)c1csc(S(N)(=O)=O)c1. The molecule has 4 N–H and O–H groups in total. The van der Waals surface area contributed by atoms with Gasteiger partial charge in [0.2, 0.25) is 10.0 Å². The number of sulfonamides is 1. The van der Waals surface area contributed by atoms with Gasteiger partial charge in [0.1, 0.15) is 4.21 Å². The molecule has 1 heterocycles. The molecule has 0 fully saturated rings. The van der Waals surface area contributed by atoms with Gasteiger partial charge in [0.25, 0.3) is 0 Å². The molecular formula is C11H20N2O2S2. The number of nitrogens with two attached hydrogens (primary N) is 2. The van der Waals surface area contributed by atoms with E-state index in [9.17, 15) is 8.42 Å². The summed E-state index contributed by atoms with van der Waals surface area (Å²) >= 11 is 1.14. The Hall–Kier alpha value is -0.430.